The van der Waals surface area contributed by atoms with Crippen molar-refractivity contribution in [2.45, 2.75) is 44.9 Å². The van der Waals surface area contributed by atoms with Crippen LogP contribution in [0.1, 0.15) is 44.1 Å². The van der Waals surface area contributed by atoms with Gasteiger partial charge in [0.25, 0.3) is 0 Å². The van der Waals surface area contributed by atoms with Crippen molar-refractivity contribution >= 4 is 5.91 Å². The molecule has 1 aromatic carbocycles. The summed E-state index contributed by atoms with van der Waals surface area (Å²) >= 11 is 0. The number of amides is 1. The van der Waals surface area contributed by atoms with E-state index in [9.17, 15) is 9.18 Å². The number of benzene rings is 1. The molecular formula is C20H29FN2O. The number of nitrogens with zero attached hydrogens (tertiary/aromatic N) is 2. The van der Waals surface area contributed by atoms with E-state index in [1.165, 1.54) is 31.2 Å². The first kappa shape index (κ1) is 17.4. The molecule has 132 valence electrons. The molecule has 3 nitrogen and oxygen atoms in total. The maximum Gasteiger partial charge on any atom is 0.223 e. The molecule has 2 heterocycles. The van der Waals surface area contributed by atoms with Gasteiger partial charge in [0.15, 0.2) is 0 Å². The van der Waals surface area contributed by atoms with E-state index in [1.54, 1.807) is 12.1 Å². The summed E-state index contributed by atoms with van der Waals surface area (Å²) in [7, 11) is 0. The SMILES string of the molecule is O=C(CCN1CCCC(CCc2ccc(F)cc2)C1)N1CCCC1. The fourth-order valence-corrected chi connectivity index (χ4v) is 3.99. The third-order valence-electron chi connectivity index (χ3n) is 5.46. The average Bonchev–Trinajstić information content (AvgIpc) is 3.14. The van der Waals surface area contributed by atoms with Gasteiger partial charge in [0, 0.05) is 32.6 Å². The van der Waals surface area contributed by atoms with Crippen molar-refractivity contribution in [1.29, 1.82) is 0 Å². The van der Waals surface area contributed by atoms with Crippen LogP contribution < -0.4 is 0 Å². The van der Waals surface area contributed by atoms with Gasteiger partial charge in [0.05, 0.1) is 0 Å². The van der Waals surface area contributed by atoms with E-state index >= 15 is 0 Å². The summed E-state index contributed by atoms with van der Waals surface area (Å²) in [6, 6.07) is 6.88. The number of likely N-dealkylation sites (tertiary alicyclic amines) is 2. The fourth-order valence-electron chi connectivity index (χ4n) is 3.99. The van der Waals surface area contributed by atoms with Crippen molar-refractivity contribution in [2.24, 2.45) is 5.92 Å². The summed E-state index contributed by atoms with van der Waals surface area (Å²) in [6.45, 7) is 5.05. The lowest BCUT2D eigenvalue weighted by atomic mass is 9.91. The maximum atomic E-state index is 13.0. The largest absolute Gasteiger partial charge is 0.343 e. The zero-order valence-electron chi connectivity index (χ0n) is 14.6. The standard InChI is InChI=1S/C20H29FN2O/c21-19-9-7-17(8-10-19)5-6-18-4-3-12-22(16-18)15-11-20(24)23-13-1-2-14-23/h7-10,18H,1-6,11-16H2. The second kappa shape index (κ2) is 8.61. The van der Waals surface area contributed by atoms with E-state index in [-0.39, 0.29) is 5.82 Å². The average molecular weight is 332 g/mol. The van der Waals surface area contributed by atoms with E-state index in [0.717, 1.165) is 45.6 Å². The number of halogens is 1. The lowest BCUT2D eigenvalue weighted by Gasteiger charge is -2.33. The zero-order valence-corrected chi connectivity index (χ0v) is 14.6. The van der Waals surface area contributed by atoms with E-state index in [2.05, 4.69) is 4.90 Å². The van der Waals surface area contributed by atoms with Crippen LogP contribution in [-0.2, 0) is 11.2 Å². The molecule has 0 bridgehead atoms. The van der Waals surface area contributed by atoms with Crippen molar-refractivity contribution < 1.29 is 9.18 Å². The topological polar surface area (TPSA) is 23.6 Å². The second-order valence-electron chi connectivity index (χ2n) is 7.31. The Hall–Kier alpha value is -1.42. The molecule has 4 heteroatoms. The summed E-state index contributed by atoms with van der Waals surface area (Å²) in [5.41, 5.74) is 1.22. The van der Waals surface area contributed by atoms with Gasteiger partial charge >= 0.3 is 0 Å². The number of piperidine rings is 1. The van der Waals surface area contributed by atoms with Gasteiger partial charge in [-0.05, 0) is 68.7 Å². The first-order valence-electron chi connectivity index (χ1n) is 9.45. The first-order chi connectivity index (χ1) is 11.7. The Labute approximate surface area is 144 Å². The molecule has 0 aliphatic carbocycles. The van der Waals surface area contributed by atoms with Gasteiger partial charge < -0.3 is 9.80 Å². The van der Waals surface area contributed by atoms with Crippen molar-refractivity contribution in [2.75, 3.05) is 32.7 Å². The highest BCUT2D eigenvalue weighted by atomic mass is 19.1. The predicted molar refractivity (Wildman–Crippen MR) is 94.3 cm³/mol. The third-order valence-corrected chi connectivity index (χ3v) is 5.46. The maximum absolute atomic E-state index is 13.0. The zero-order chi connectivity index (χ0) is 16.8. The highest BCUT2D eigenvalue weighted by Crippen LogP contribution is 2.22. The van der Waals surface area contributed by atoms with E-state index in [0.29, 0.717) is 18.2 Å². The van der Waals surface area contributed by atoms with Gasteiger partial charge in [-0.25, -0.2) is 4.39 Å². The normalized spacial score (nSPS) is 22.0. The minimum absolute atomic E-state index is 0.162. The van der Waals surface area contributed by atoms with Gasteiger partial charge in [-0.3, -0.25) is 4.79 Å². The van der Waals surface area contributed by atoms with E-state index in [4.69, 9.17) is 0 Å². The molecule has 2 aliphatic heterocycles. The molecule has 1 aromatic rings. The molecule has 1 atom stereocenters. The first-order valence-corrected chi connectivity index (χ1v) is 9.45. The van der Waals surface area contributed by atoms with Crippen LogP contribution in [0.3, 0.4) is 0 Å². The van der Waals surface area contributed by atoms with Gasteiger partial charge in [0.2, 0.25) is 5.91 Å². The van der Waals surface area contributed by atoms with Crippen molar-refractivity contribution in [3.63, 3.8) is 0 Å². The molecule has 0 saturated carbocycles. The number of hydrogen-bond donors (Lipinski definition) is 0. The minimum Gasteiger partial charge on any atom is -0.343 e. The third kappa shape index (κ3) is 5.04. The summed E-state index contributed by atoms with van der Waals surface area (Å²) in [6.07, 6.45) is 7.68. The van der Waals surface area contributed by atoms with Gasteiger partial charge in [-0.1, -0.05) is 12.1 Å². The van der Waals surface area contributed by atoms with Crippen molar-refractivity contribution in [3.05, 3.63) is 35.6 Å². The van der Waals surface area contributed by atoms with Crippen LogP contribution in [0.2, 0.25) is 0 Å². The van der Waals surface area contributed by atoms with Gasteiger partial charge in [-0.15, -0.1) is 0 Å². The highest BCUT2D eigenvalue weighted by molar-refractivity contribution is 5.76. The summed E-state index contributed by atoms with van der Waals surface area (Å²) in [4.78, 5) is 16.7. The smallest absolute Gasteiger partial charge is 0.223 e. The molecule has 24 heavy (non-hydrogen) atoms. The number of aryl methyl sites for hydroxylation is 1. The Kier molecular flexibility index (Phi) is 6.24. The fraction of sp³-hybridized carbons (Fsp3) is 0.650. The molecule has 3 rings (SSSR count). The molecule has 2 saturated heterocycles. The molecule has 0 spiro atoms. The van der Waals surface area contributed by atoms with Crippen molar-refractivity contribution in [3.8, 4) is 0 Å². The number of rotatable bonds is 6. The van der Waals surface area contributed by atoms with Crippen molar-refractivity contribution in [1.82, 2.24) is 9.80 Å². The Bertz CT molecular complexity index is 525. The molecule has 1 amide bonds. The Morgan fingerprint density at radius 3 is 2.58 bits per heavy atom. The van der Waals surface area contributed by atoms with Crippen LogP contribution in [0.5, 0.6) is 0 Å². The molecule has 2 aliphatic rings. The lowest BCUT2D eigenvalue weighted by Crippen LogP contribution is -2.38. The van der Waals surface area contributed by atoms with Crippen LogP contribution >= 0.6 is 0 Å². The molecule has 1 unspecified atom stereocenters. The summed E-state index contributed by atoms with van der Waals surface area (Å²) in [5, 5.41) is 0. The van der Waals surface area contributed by atoms with Gasteiger partial charge in [-0.2, -0.15) is 0 Å². The monoisotopic (exact) mass is 332 g/mol. The number of carbonyl (C=O) groups excluding carboxylic acids is 1. The van der Waals surface area contributed by atoms with E-state index < -0.39 is 0 Å². The molecular weight excluding hydrogens is 303 g/mol. The summed E-state index contributed by atoms with van der Waals surface area (Å²) < 4.78 is 13.0. The molecule has 0 aromatic heterocycles. The molecule has 2 fully saturated rings. The van der Waals surface area contributed by atoms with Crippen LogP contribution in [0, 0.1) is 11.7 Å². The molecule has 0 radical (unpaired) electrons. The van der Waals surface area contributed by atoms with Gasteiger partial charge in [0.1, 0.15) is 5.82 Å². The number of hydrogen-bond acceptors (Lipinski definition) is 2. The van der Waals surface area contributed by atoms with Crippen LogP contribution in [0.4, 0.5) is 4.39 Å². The number of carbonyl (C=O) groups is 1. The Morgan fingerprint density at radius 2 is 1.83 bits per heavy atom. The molecule has 0 N–H and O–H groups in total. The minimum atomic E-state index is -0.162. The second-order valence-corrected chi connectivity index (χ2v) is 7.31. The summed E-state index contributed by atoms with van der Waals surface area (Å²) in [5.74, 6) is 0.872. The predicted octanol–water partition coefficient (Wildman–Crippen LogP) is 3.48. The lowest BCUT2D eigenvalue weighted by molar-refractivity contribution is -0.130. The Balaban J connectivity index is 1.39. The van der Waals surface area contributed by atoms with Crippen LogP contribution in [-0.4, -0.2) is 48.4 Å². The van der Waals surface area contributed by atoms with E-state index in [1.807, 2.05) is 17.0 Å². The Morgan fingerprint density at radius 1 is 1.08 bits per heavy atom. The highest BCUT2D eigenvalue weighted by Gasteiger charge is 2.22. The van der Waals surface area contributed by atoms with Crippen LogP contribution in [0.15, 0.2) is 24.3 Å². The quantitative estimate of drug-likeness (QED) is 0.796. The van der Waals surface area contributed by atoms with Crippen LogP contribution in [0.25, 0.3) is 0 Å².